The number of nitrogen functional groups attached to an aromatic ring is 1. The Bertz CT molecular complexity index is 1070. The second kappa shape index (κ2) is 8.26. The van der Waals surface area contributed by atoms with Gasteiger partial charge in [-0.05, 0) is 42.0 Å². The maximum Gasteiger partial charge on any atom is 0.337 e. The van der Waals surface area contributed by atoms with Gasteiger partial charge in [0.2, 0.25) is 5.88 Å². The molecule has 0 saturated carbocycles. The fourth-order valence-corrected chi connectivity index (χ4v) is 3.09. The van der Waals surface area contributed by atoms with Crippen molar-refractivity contribution >= 4 is 34.9 Å². The Labute approximate surface area is 171 Å². The minimum Gasteiger partial charge on any atom is -0.465 e. The molecule has 1 aromatic heterocycles. The highest BCUT2D eigenvalue weighted by atomic mass is 35.5. The zero-order chi connectivity index (χ0) is 20.3. The van der Waals surface area contributed by atoms with Crippen LogP contribution in [-0.2, 0) is 11.3 Å². The smallest absolute Gasteiger partial charge is 0.337 e. The maximum atomic E-state index is 11.5. The minimum atomic E-state index is -0.446. The van der Waals surface area contributed by atoms with Crippen molar-refractivity contribution in [2.75, 3.05) is 12.8 Å². The third kappa shape index (κ3) is 4.06. The number of carbonyl (C=O) groups excluding carboxylic acids is 1. The number of rotatable bonds is 5. The average Bonchev–Trinajstić information content (AvgIpc) is 2.98. The number of nitrogens with zero attached hydrogens (tertiary/aromatic N) is 2. The minimum absolute atomic E-state index is 0.270. The van der Waals surface area contributed by atoms with Gasteiger partial charge < -0.3 is 15.2 Å². The summed E-state index contributed by atoms with van der Waals surface area (Å²) < 4.78 is 12.2. The summed E-state index contributed by atoms with van der Waals surface area (Å²) in [5.74, 6) is 0.303. The van der Waals surface area contributed by atoms with Crippen LogP contribution in [0.15, 0.2) is 48.5 Å². The van der Waals surface area contributed by atoms with Crippen molar-refractivity contribution in [3.8, 4) is 17.7 Å². The molecule has 0 bridgehead atoms. The molecule has 8 heteroatoms. The maximum absolute atomic E-state index is 11.5. The summed E-state index contributed by atoms with van der Waals surface area (Å²) in [7, 11) is 1.31. The molecule has 0 aliphatic heterocycles. The van der Waals surface area contributed by atoms with Crippen LogP contribution >= 0.6 is 23.2 Å². The lowest BCUT2D eigenvalue weighted by Gasteiger charge is -2.13. The summed E-state index contributed by atoms with van der Waals surface area (Å²) >= 11 is 12.2. The molecule has 142 valence electrons. The number of methoxy groups -OCH3 is 1. The van der Waals surface area contributed by atoms with Gasteiger partial charge in [0, 0.05) is 16.1 Å². The Hall–Kier alpha value is -3.14. The monoisotopic (exact) mass is 415 g/mol. The van der Waals surface area contributed by atoms with Crippen molar-refractivity contribution < 1.29 is 14.3 Å². The fourth-order valence-electron chi connectivity index (χ4n) is 2.62. The molecule has 0 spiro atoms. The average molecular weight is 416 g/mol. The molecule has 2 N–H and O–H groups in total. The molecule has 3 aromatic rings. The summed E-state index contributed by atoms with van der Waals surface area (Å²) in [5, 5.41) is 10.4. The molecule has 0 aliphatic rings. The standard InChI is InChI=1S/C20H15Cl2N3O3/c1-27-20(26)12-3-6-16(7-4-12)28-19-18(24)9-15(10-23)25(19)11-13-2-5-14(21)8-17(13)22/h2-9H,11,24H2,1H3. The number of ether oxygens (including phenoxy) is 2. The van der Waals surface area contributed by atoms with Gasteiger partial charge in [0.1, 0.15) is 17.5 Å². The highest BCUT2D eigenvalue weighted by Crippen LogP contribution is 2.33. The van der Waals surface area contributed by atoms with Crippen LogP contribution in [-0.4, -0.2) is 17.6 Å². The largest absolute Gasteiger partial charge is 0.465 e. The molecule has 0 saturated heterocycles. The molecule has 6 nitrogen and oxygen atoms in total. The van der Waals surface area contributed by atoms with E-state index in [9.17, 15) is 10.1 Å². The van der Waals surface area contributed by atoms with Gasteiger partial charge in [-0.3, -0.25) is 4.57 Å². The van der Waals surface area contributed by atoms with Gasteiger partial charge in [-0.15, -0.1) is 0 Å². The first-order chi connectivity index (χ1) is 13.4. The lowest BCUT2D eigenvalue weighted by atomic mass is 10.2. The zero-order valence-corrected chi connectivity index (χ0v) is 16.3. The normalized spacial score (nSPS) is 10.4. The summed E-state index contributed by atoms with van der Waals surface area (Å²) in [5.41, 5.74) is 7.83. The highest BCUT2D eigenvalue weighted by molar-refractivity contribution is 6.35. The molecular weight excluding hydrogens is 401 g/mol. The molecule has 1 heterocycles. The number of halogens is 2. The van der Waals surface area contributed by atoms with Crippen LogP contribution in [0.4, 0.5) is 5.69 Å². The van der Waals surface area contributed by atoms with E-state index in [2.05, 4.69) is 10.8 Å². The van der Waals surface area contributed by atoms with E-state index in [0.717, 1.165) is 5.56 Å². The van der Waals surface area contributed by atoms with Gasteiger partial charge in [0.05, 0.1) is 24.9 Å². The number of hydrogen-bond acceptors (Lipinski definition) is 5. The third-order valence-electron chi connectivity index (χ3n) is 4.02. The predicted molar refractivity (Wildman–Crippen MR) is 107 cm³/mol. The Morgan fingerprint density at radius 3 is 2.50 bits per heavy atom. The van der Waals surface area contributed by atoms with E-state index in [1.165, 1.54) is 13.2 Å². The summed E-state index contributed by atoms with van der Waals surface area (Å²) in [6.07, 6.45) is 0. The predicted octanol–water partition coefficient (Wildman–Crippen LogP) is 4.88. The lowest BCUT2D eigenvalue weighted by molar-refractivity contribution is 0.0600. The number of carbonyl (C=O) groups is 1. The van der Waals surface area contributed by atoms with Gasteiger partial charge >= 0.3 is 5.97 Å². The number of nitrogens with two attached hydrogens (primary N) is 1. The van der Waals surface area contributed by atoms with Gasteiger partial charge in [-0.25, -0.2) is 4.79 Å². The lowest BCUT2D eigenvalue weighted by Crippen LogP contribution is -2.06. The van der Waals surface area contributed by atoms with Crippen LogP contribution in [0, 0.1) is 11.3 Å². The van der Waals surface area contributed by atoms with E-state index in [-0.39, 0.29) is 6.54 Å². The van der Waals surface area contributed by atoms with E-state index in [0.29, 0.717) is 38.6 Å². The highest BCUT2D eigenvalue weighted by Gasteiger charge is 2.17. The molecule has 0 unspecified atom stereocenters. The van der Waals surface area contributed by atoms with E-state index in [1.54, 1.807) is 47.0 Å². The third-order valence-corrected chi connectivity index (χ3v) is 4.61. The van der Waals surface area contributed by atoms with Gasteiger partial charge in [-0.2, -0.15) is 5.26 Å². The summed E-state index contributed by atoms with van der Waals surface area (Å²) in [6, 6.07) is 15.1. The second-order valence-electron chi connectivity index (χ2n) is 5.84. The van der Waals surface area contributed by atoms with Crippen LogP contribution in [0.3, 0.4) is 0 Å². The first-order valence-electron chi connectivity index (χ1n) is 8.12. The van der Waals surface area contributed by atoms with E-state index < -0.39 is 5.97 Å². The molecule has 3 rings (SSSR count). The first-order valence-corrected chi connectivity index (χ1v) is 8.87. The van der Waals surface area contributed by atoms with Crippen molar-refractivity contribution in [2.24, 2.45) is 0 Å². The van der Waals surface area contributed by atoms with Crippen LogP contribution < -0.4 is 10.5 Å². The van der Waals surface area contributed by atoms with Crippen LogP contribution in [0.5, 0.6) is 11.6 Å². The van der Waals surface area contributed by atoms with Crippen molar-refractivity contribution in [2.45, 2.75) is 6.54 Å². The Kier molecular flexibility index (Phi) is 5.78. The number of esters is 1. The van der Waals surface area contributed by atoms with Crippen molar-refractivity contribution in [1.29, 1.82) is 5.26 Å². The molecule has 2 aromatic carbocycles. The number of nitriles is 1. The quantitative estimate of drug-likeness (QED) is 0.599. The molecule has 0 aliphatic carbocycles. The Morgan fingerprint density at radius 2 is 1.89 bits per heavy atom. The Balaban J connectivity index is 1.94. The number of hydrogen-bond donors (Lipinski definition) is 1. The summed E-state index contributed by atoms with van der Waals surface area (Å²) in [4.78, 5) is 11.5. The molecule has 0 radical (unpaired) electrons. The van der Waals surface area contributed by atoms with Gasteiger partial charge in [-0.1, -0.05) is 29.3 Å². The number of aromatic nitrogens is 1. The van der Waals surface area contributed by atoms with Crippen LogP contribution in [0.25, 0.3) is 0 Å². The molecule has 0 fully saturated rings. The topological polar surface area (TPSA) is 90.3 Å². The SMILES string of the molecule is COC(=O)c1ccc(Oc2c(N)cc(C#N)n2Cc2ccc(Cl)cc2Cl)cc1. The molecule has 0 amide bonds. The van der Waals surface area contributed by atoms with Crippen molar-refractivity contribution in [3.63, 3.8) is 0 Å². The van der Waals surface area contributed by atoms with Crippen LogP contribution in [0.2, 0.25) is 10.0 Å². The van der Waals surface area contributed by atoms with Gasteiger partial charge in [0.15, 0.2) is 0 Å². The zero-order valence-electron chi connectivity index (χ0n) is 14.8. The van der Waals surface area contributed by atoms with Crippen LogP contribution in [0.1, 0.15) is 21.6 Å². The van der Waals surface area contributed by atoms with Crippen molar-refractivity contribution in [1.82, 2.24) is 4.57 Å². The van der Waals surface area contributed by atoms with E-state index >= 15 is 0 Å². The summed E-state index contributed by atoms with van der Waals surface area (Å²) in [6.45, 7) is 0.270. The fraction of sp³-hybridized carbons (Fsp3) is 0.100. The second-order valence-corrected chi connectivity index (χ2v) is 6.69. The Morgan fingerprint density at radius 1 is 1.18 bits per heavy atom. The van der Waals surface area contributed by atoms with Gasteiger partial charge in [0.25, 0.3) is 0 Å². The van der Waals surface area contributed by atoms with Crippen molar-refractivity contribution in [3.05, 3.63) is 75.4 Å². The number of benzene rings is 2. The first kappa shape index (κ1) is 19.6. The van der Waals surface area contributed by atoms with E-state index in [4.69, 9.17) is 33.7 Å². The number of anilines is 1. The molecule has 0 atom stereocenters. The molecular formula is C20H15Cl2N3O3. The van der Waals surface area contributed by atoms with E-state index in [1.807, 2.05) is 0 Å². The molecule has 28 heavy (non-hydrogen) atoms.